The van der Waals surface area contributed by atoms with Crippen LogP contribution in [0, 0.1) is 0 Å². The fourth-order valence-corrected chi connectivity index (χ4v) is 1.12. The molecule has 0 spiro atoms. The fourth-order valence-electron chi connectivity index (χ4n) is 1.12. The molecule has 0 aliphatic rings. The smallest absolute Gasteiger partial charge is 0.308 e. The van der Waals surface area contributed by atoms with Crippen molar-refractivity contribution in [2.45, 2.75) is 0 Å². The number of amides is 2. The van der Waals surface area contributed by atoms with Gasteiger partial charge in [-0.25, -0.2) is 9.48 Å². The van der Waals surface area contributed by atoms with Crippen LogP contribution < -0.4 is 10.6 Å². The minimum atomic E-state index is -0.385. The van der Waals surface area contributed by atoms with E-state index in [1.165, 1.54) is 4.68 Å². The zero-order valence-electron chi connectivity index (χ0n) is 8.58. The molecular formula is C9H10N6O. The standard InChI is InChI=1S/C9H10N6O/c1-15-8(12-13-14-15)11-9(16)10-7-5-3-2-4-6-7/h2-6H,1H3,(H2,10,11,12,14,16). The first kappa shape index (κ1) is 10.1. The van der Waals surface area contributed by atoms with E-state index >= 15 is 0 Å². The molecule has 82 valence electrons. The Morgan fingerprint density at radius 3 is 2.62 bits per heavy atom. The number of benzene rings is 1. The Kier molecular flexibility index (Phi) is 2.77. The lowest BCUT2D eigenvalue weighted by Crippen LogP contribution is -2.21. The topological polar surface area (TPSA) is 84.7 Å². The van der Waals surface area contributed by atoms with Crippen LogP contribution in [-0.2, 0) is 7.05 Å². The lowest BCUT2D eigenvalue weighted by molar-refractivity contribution is 0.262. The Bertz CT molecular complexity index is 480. The van der Waals surface area contributed by atoms with Gasteiger partial charge in [0.25, 0.3) is 5.95 Å². The number of nitrogens with zero attached hydrogens (tertiary/aromatic N) is 4. The van der Waals surface area contributed by atoms with E-state index in [0.717, 1.165) is 0 Å². The molecule has 0 atom stereocenters. The van der Waals surface area contributed by atoms with Gasteiger partial charge in [0.05, 0.1) is 0 Å². The number of rotatable bonds is 2. The van der Waals surface area contributed by atoms with Gasteiger partial charge in [0.15, 0.2) is 0 Å². The first-order valence-electron chi connectivity index (χ1n) is 4.61. The molecule has 0 bridgehead atoms. The van der Waals surface area contributed by atoms with Crippen molar-refractivity contribution in [3.8, 4) is 0 Å². The van der Waals surface area contributed by atoms with Crippen molar-refractivity contribution in [2.24, 2.45) is 7.05 Å². The highest BCUT2D eigenvalue weighted by Gasteiger charge is 2.06. The molecule has 0 aliphatic heterocycles. The van der Waals surface area contributed by atoms with Crippen LogP contribution in [0.2, 0.25) is 0 Å². The zero-order chi connectivity index (χ0) is 11.4. The van der Waals surface area contributed by atoms with Gasteiger partial charge in [0.2, 0.25) is 0 Å². The third kappa shape index (κ3) is 2.32. The molecule has 2 N–H and O–H groups in total. The molecule has 7 nitrogen and oxygen atoms in total. The molecule has 1 heterocycles. The summed E-state index contributed by atoms with van der Waals surface area (Å²) in [6.07, 6.45) is 0. The molecule has 1 aromatic heterocycles. The molecule has 2 rings (SSSR count). The summed E-state index contributed by atoms with van der Waals surface area (Å²) in [6.45, 7) is 0. The van der Waals surface area contributed by atoms with E-state index in [4.69, 9.17) is 0 Å². The molecule has 0 radical (unpaired) electrons. The zero-order valence-corrected chi connectivity index (χ0v) is 8.58. The van der Waals surface area contributed by atoms with Crippen LogP contribution in [0.25, 0.3) is 0 Å². The van der Waals surface area contributed by atoms with Crippen molar-refractivity contribution in [2.75, 3.05) is 10.6 Å². The lowest BCUT2D eigenvalue weighted by atomic mass is 10.3. The molecule has 16 heavy (non-hydrogen) atoms. The molecule has 1 aromatic carbocycles. The number of aromatic nitrogens is 4. The highest BCUT2D eigenvalue weighted by molar-refractivity contribution is 5.98. The fraction of sp³-hybridized carbons (Fsp3) is 0.111. The molecular weight excluding hydrogens is 208 g/mol. The average Bonchev–Trinajstić information content (AvgIpc) is 2.66. The second-order valence-electron chi connectivity index (χ2n) is 3.07. The summed E-state index contributed by atoms with van der Waals surface area (Å²) in [6, 6.07) is 8.72. The van der Waals surface area contributed by atoms with E-state index < -0.39 is 0 Å². The van der Waals surface area contributed by atoms with Crippen LogP contribution in [0.5, 0.6) is 0 Å². The van der Waals surface area contributed by atoms with Crippen LogP contribution >= 0.6 is 0 Å². The summed E-state index contributed by atoms with van der Waals surface area (Å²) >= 11 is 0. The molecule has 7 heteroatoms. The predicted molar refractivity (Wildman–Crippen MR) is 57.9 cm³/mol. The first-order chi connectivity index (χ1) is 7.75. The van der Waals surface area contributed by atoms with Crippen LogP contribution in [0.3, 0.4) is 0 Å². The Morgan fingerprint density at radius 1 is 1.25 bits per heavy atom. The Morgan fingerprint density at radius 2 is 2.00 bits per heavy atom. The maximum absolute atomic E-state index is 11.5. The van der Waals surface area contributed by atoms with E-state index in [1.807, 2.05) is 18.2 Å². The van der Waals surface area contributed by atoms with Crippen LogP contribution in [0.1, 0.15) is 0 Å². The van der Waals surface area contributed by atoms with Gasteiger partial charge in [0.1, 0.15) is 0 Å². The quantitative estimate of drug-likeness (QED) is 0.782. The van der Waals surface area contributed by atoms with Crippen molar-refractivity contribution in [1.29, 1.82) is 0 Å². The maximum Gasteiger partial charge on any atom is 0.326 e. The first-order valence-corrected chi connectivity index (χ1v) is 4.61. The third-order valence-corrected chi connectivity index (χ3v) is 1.88. The molecule has 0 saturated heterocycles. The summed E-state index contributed by atoms with van der Waals surface area (Å²) in [5.41, 5.74) is 0.704. The van der Waals surface area contributed by atoms with E-state index in [0.29, 0.717) is 5.69 Å². The summed E-state index contributed by atoms with van der Waals surface area (Å²) < 4.78 is 1.37. The number of nitrogens with one attached hydrogen (secondary N) is 2. The van der Waals surface area contributed by atoms with Crippen LogP contribution in [0.15, 0.2) is 30.3 Å². The summed E-state index contributed by atoms with van der Waals surface area (Å²) in [5.74, 6) is 0.286. The van der Waals surface area contributed by atoms with Gasteiger partial charge in [0, 0.05) is 12.7 Å². The number of carbonyl (C=O) groups excluding carboxylic acids is 1. The van der Waals surface area contributed by atoms with Gasteiger partial charge in [-0.1, -0.05) is 23.3 Å². The normalized spacial score (nSPS) is 9.81. The lowest BCUT2D eigenvalue weighted by Gasteiger charge is -2.05. The van der Waals surface area contributed by atoms with Crippen molar-refractivity contribution in [3.05, 3.63) is 30.3 Å². The minimum absolute atomic E-state index is 0.286. The predicted octanol–water partition coefficient (Wildman–Crippen LogP) is 0.854. The number of urea groups is 1. The number of aryl methyl sites for hydroxylation is 1. The number of para-hydroxylation sites is 1. The number of hydrogen-bond donors (Lipinski definition) is 2. The largest absolute Gasteiger partial charge is 0.326 e. The average molecular weight is 218 g/mol. The van der Waals surface area contributed by atoms with Gasteiger partial charge in [-0.2, -0.15) is 0 Å². The molecule has 0 saturated carbocycles. The summed E-state index contributed by atoms with van der Waals surface area (Å²) in [5, 5.41) is 15.8. The van der Waals surface area contributed by atoms with E-state index in [1.54, 1.807) is 19.2 Å². The number of anilines is 2. The second kappa shape index (κ2) is 4.39. The molecule has 0 fully saturated rings. The van der Waals surface area contributed by atoms with Gasteiger partial charge < -0.3 is 5.32 Å². The van der Waals surface area contributed by atoms with Gasteiger partial charge in [-0.15, -0.1) is 0 Å². The van der Waals surface area contributed by atoms with Crippen LogP contribution in [-0.4, -0.2) is 26.2 Å². The summed E-state index contributed by atoms with van der Waals surface area (Å²) in [4.78, 5) is 11.5. The van der Waals surface area contributed by atoms with Gasteiger partial charge in [-0.3, -0.25) is 5.32 Å². The Hall–Kier alpha value is -2.44. The molecule has 0 unspecified atom stereocenters. The maximum atomic E-state index is 11.5. The molecule has 2 amide bonds. The van der Waals surface area contributed by atoms with Gasteiger partial charge in [-0.05, 0) is 22.6 Å². The van der Waals surface area contributed by atoms with E-state index in [-0.39, 0.29) is 12.0 Å². The Balaban J connectivity index is 1.98. The third-order valence-electron chi connectivity index (χ3n) is 1.88. The number of tetrazole rings is 1. The highest BCUT2D eigenvalue weighted by atomic mass is 16.2. The van der Waals surface area contributed by atoms with Crippen molar-refractivity contribution < 1.29 is 4.79 Å². The Labute approximate surface area is 91.5 Å². The number of hydrogen-bond acceptors (Lipinski definition) is 4. The van der Waals surface area contributed by atoms with Crippen molar-refractivity contribution >= 4 is 17.7 Å². The minimum Gasteiger partial charge on any atom is -0.308 e. The second-order valence-corrected chi connectivity index (χ2v) is 3.07. The van der Waals surface area contributed by atoms with Crippen molar-refractivity contribution in [1.82, 2.24) is 20.2 Å². The molecule has 2 aromatic rings. The summed E-state index contributed by atoms with van der Waals surface area (Å²) in [7, 11) is 1.64. The highest BCUT2D eigenvalue weighted by Crippen LogP contribution is 2.05. The SMILES string of the molecule is Cn1nnnc1NC(=O)Nc1ccccc1. The molecule has 0 aliphatic carbocycles. The monoisotopic (exact) mass is 218 g/mol. The van der Waals surface area contributed by atoms with Gasteiger partial charge >= 0.3 is 6.03 Å². The number of carbonyl (C=O) groups is 1. The van der Waals surface area contributed by atoms with E-state index in [2.05, 4.69) is 26.2 Å². The van der Waals surface area contributed by atoms with Crippen LogP contribution in [0.4, 0.5) is 16.4 Å². The van der Waals surface area contributed by atoms with E-state index in [9.17, 15) is 4.79 Å². The van der Waals surface area contributed by atoms with Crippen molar-refractivity contribution in [3.63, 3.8) is 0 Å².